The zero-order chi connectivity index (χ0) is 12.3. The van der Waals surface area contributed by atoms with Crippen LogP contribution >= 0.6 is 11.6 Å². The Morgan fingerprint density at radius 3 is 2.88 bits per heavy atom. The molecule has 0 aliphatic heterocycles. The molecule has 0 bridgehead atoms. The second-order valence-electron chi connectivity index (χ2n) is 3.78. The van der Waals surface area contributed by atoms with Gasteiger partial charge in [0.15, 0.2) is 5.82 Å². The van der Waals surface area contributed by atoms with E-state index in [9.17, 15) is 0 Å². The molecule has 2 aromatic heterocycles. The Morgan fingerprint density at radius 1 is 1.41 bits per heavy atom. The molecule has 0 aliphatic rings. The summed E-state index contributed by atoms with van der Waals surface area (Å²) >= 11 is 5.81. The lowest BCUT2D eigenvalue weighted by Gasteiger charge is -2.19. The zero-order valence-electron chi connectivity index (χ0n) is 9.47. The van der Waals surface area contributed by atoms with E-state index < -0.39 is 0 Å². The molecular weight excluding hydrogens is 236 g/mol. The number of hydrogen-bond donors (Lipinski definition) is 1. The standard InChI is InChI=1S/C12H13ClN4/c1-17(8-9-3-2-4-15-6-9)12-11(14)5-10(13)7-16-12/h2-7H,8,14H2,1H3. The average molecular weight is 249 g/mol. The highest BCUT2D eigenvalue weighted by atomic mass is 35.5. The fraction of sp³-hybridized carbons (Fsp3) is 0.167. The van der Waals surface area contributed by atoms with Crippen LogP contribution in [0.5, 0.6) is 0 Å². The van der Waals surface area contributed by atoms with Gasteiger partial charge in [-0.2, -0.15) is 0 Å². The van der Waals surface area contributed by atoms with Gasteiger partial charge < -0.3 is 10.6 Å². The van der Waals surface area contributed by atoms with Crippen molar-refractivity contribution in [1.29, 1.82) is 0 Å². The van der Waals surface area contributed by atoms with Gasteiger partial charge in [0, 0.05) is 32.2 Å². The van der Waals surface area contributed by atoms with Crippen LogP contribution in [0.25, 0.3) is 0 Å². The third-order valence-electron chi connectivity index (χ3n) is 2.37. The first kappa shape index (κ1) is 11.7. The van der Waals surface area contributed by atoms with Gasteiger partial charge >= 0.3 is 0 Å². The summed E-state index contributed by atoms with van der Waals surface area (Å²) in [6.45, 7) is 0.701. The molecule has 0 fully saturated rings. The van der Waals surface area contributed by atoms with Crippen molar-refractivity contribution in [2.75, 3.05) is 17.7 Å². The van der Waals surface area contributed by atoms with Crippen LogP contribution in [-0.2, 0) is 6.54 Å². The Bertz CT molecular complexity index is 501. The molecule has 2 rings (SSSR count). The van der Waals surface area contributed by atoms with Crippen LogP contribution in [-0.4, -0.2) is 17.0 Å². The van der Waals surface area contributed by atoms with Gasteiger partial charge in [-0.1, -0.05) is 17.7 Å². The highest BCUT2D eigenvalue weighted by Crippen LogP contribution is 2.23. The van der Waals surface area contributed by atoms with E-state index in [4.69, 9.17) is 17.3 Å². The normalized spacial score (nSPS) is 10.2. The van der Waals surface area contributed by atoms with E-state index in [0.717, 1.165) is 11.4 Å². The molecule has 2 aromatic rings. The summed E-state index contributed by atoms with van der Waals surface area (Å²) in [6.07, 6.45) is 5.16. The maximum atomic E-state index is 5.87. The third-order valence-corrected chi connectivity index (χ3v) is 2.57. The number of hydrogen-bond acceptors (Lipinski definition) is 4. The van der Waals surface area contributed by atoms with Gasteiger partial charge in [0.25, 0.3) is 0 Å². The molecule has 5 heteroatoms. The summed E-state index contributed by atoms with van der Waals surface area (Å²) in [4.78, 5) is 10.3. The molecule has 4 nitrogen and oxygen atoms in total. The molecule has 17 heavy (non-hydrogen) atoms. The largest absolute Gasteiger partial charge is 0.396 e. The van der Waals surface area contributed by atoms with Gasteiger partial charge in [-0.05, 0) is 17.7 Å². The minimum absolute atomic E-state index is 0.543. The molecule has 2 heterocycles. The summed E-state index contributed by atoms with van der Waals surface area (Å²) in [5, 5.41) is 0.543. The van der Waals surface area contributed by atoms with Crippen molar-refractivity contribution in [2.45, 2.75) is 6.54 Å². The first-order valence-electron chi connectivity index (χ1n) is 5.18. The third kappa shape index (κ3) is 2.85. The fourth-order valence-electron chi connectivity index (χ4n) is 1.61. The monoisotopic (exact) mass is 248 g/mol. The minimum Gasteiger partial charge on any atom is -0.396 e. The summed E-state index contributed by atoms with van der Waals surface area (Å²) in [5.41, 5.74) is 7.55. The second kappa shape index (κ2) is 5.01. The van der Waals surface area contributed by atoms with Crippen LogP contribution in [0, 0.1) is 0 Å². The van der Waals surface area contributed by atoms with Crippen molar-refractivity contribution in [3.8, 4) is 0 Å². The highest BCUT2D eigenvalue weighted by Gasteiger charge is 2.08. The van der Waals surface area contributed by atoms with E-state index >= 15 is 0 Å². The number of nitrogen functional groups attached to an aromatic ring is 1. The minimum atomic E-state index is 0.543. The summed E-state index contributed by atoms with van der Waals surface area (Å²) in [6, 6.07) is 5.61. The van der Waals surface area contributed by atoms with Gasteiger partial charge in [-0.25, -0.2) is 4.98 Å². The summed E-state index contributed by atoms with van der Waals surface area (Å²) in [7, 11) is 1.93. The van der Waals surface area contributed by atoms with Crippen LogP contribution < -0.4 is 10.6 Å². The molecule has 0 radical (unpaired) electrons. The first-order chi connectivity index (χ1) is 8.16. The number of rotatable bonds is 3. The highest BCUT2D eigenvalue weighted by molar-refractivity contribution is 6.30. The average Bonchev–Trinajstić information content (AvgIpc) is 2.30. The number of pyridine rings is 2. The lowest BCUT2D eigenvalue weighted by atomic mass is 10.2. The Hall–Kier alpha value is -1.81. The van der Waals surface area contributed by atoms with Crippen LogP contribution in [0.2, 0.25) is 5.02 Å². The van der Waals surface area contributed by atoms with E-state index in [1.54, 1.807) is 18.5 Å². The SMILES string of the molecule is CN(Cc1cccnc1)c1ncc(Cl)cc1N. The maximum Gasteiger partial charge on any atom is 0.151 e. The quantitative estimate of drug-likeness (QED) is 0.906. The Balaban J connectivity index is 2.17. The Labute approximate surface area is 105 Å². The molecule has 88 valence electrons. The van der Waals surface area contributed by atoms with Crippen LogP contribution in [0.3, 0.4) is 0 Å². The Kier molecular flexibility index (Phi) is 3.44. The molecule has 0 unspecified atom stereocenters. The van der Waals surface area contributed by atoms with E-state index in [2.05, 4.69) is 9.97 Å². The van der Waals surface area contributed by atoms with Crippen molar-refractivity contribution in [2.24, 2.45) is 0 Å². The molecule has 0 amide bonds. The van der Waals surface area contributed by atoms with Crippen molar-refractivity contribution >= 4 is 23.1 Å². The summed E-state index contributed by atoms with van der Waals surface area (Å²) < 4.78 is 0. The first-order valence-corrected chi connectivity index (χ1v) is 5.55. The van der Waals surface area contributed by atoms with Crippen LogP contribution in [0.1, 0.15) is 5.56 Å². The number of anilines is 2. The van der Waals surface area contributed by atoms with Crippen LogP contribution in [0.15, 0.2) is 36.8 Å². The van der Waals surface area contributed by atoms with Crippen molar-refractivity contribution in [1.82, 2.24) is 9.97 Å². The van der Waals surface area contributed by atoms with E-state index in [1.807, 2.05) is 30.3 Å². The molecule has 0 saturated heterocycles. The predicted octanol–water partition coefficient (Wildman–Crippen LogP) is 2.35. The molecule has 0 saturated carbocycles. The second-order valence-corrected chi connectivity index (χ2v) is 4.22. The molecular formula is C12H13ClN4. The zero-order valence-corrected chi connectivity index (χ0v) is 10.2. The number of nitrogens with zero attached hydrogens (tertiary/aromatic N) is 3. The molecule has 0 atom stereocenters. The maximum absolute atomic E-state index is 5.87. The number of halogens is 1. The van der Waals surface area contributed by atoms with Crippen molar-refractivity contribution in [3.05, 3.63) is 47.4 Å². The molecule has 0 aromatic carbocycles. The fourth-order valence-corrected chi connectivity index (χ4v) is 1.77. The Morgan fingerprint density at radius 2 is 2.24 bits per heavy atom. The summed E-state index contributed by atoms with van der Waals surface area (Å²) in [5.74, 6) is 0.721. The van der Waals surface area contributed by atoms with Crippen molar-refractivity contribution in [3.63, 3.8) is 0 Å². The van der Waals surface area contributed by atoms with Gasteiger partial charge in [0.2, 0.25) is 0 Å². The van der Waals surface area contributed by atoms with E-state index in [0.29, 0.717) is 17.3 Å². The van der Waals surface area contributed by atoms with E-state index in [-0.39, 0.29) is 0 Å². The molecule has 0 spiro atoms. The molecule has 2 N–H and O–H groups in total. The van der Waals surface area contributed by atoms with Gasteiger partial charge in [0.05, 0.1) is 10.7 Å². The molecule has 0 aliphatic carbocycles. The van der Waals surface area contributed by atoms with Crippen molar-refractivity contribution < 1.29 is 0 Å². The topological polar surface area (TPSA) is 55.0 Å². The van der Waals surface area contributed by atoms with Gasteiger partial charge in [-0.3, -0.25) is 4.98 Å². The number of nitrogens with two attached hydrogens (primary N) is 1. The van der Waals surface area contributed by atoms with E-state index in [1.165, 1.54) is 0 Å². The smallest absolute Gasteiger partial charge is 0.151 e. The van der Waals surface area contributed by atoms with Gasteiger partial charge in [-0.15, -0.1) is 0 Å². The number of aromatic nitrogens is 2. The van der Waals surface area contributed by atoms with Gasteiger partial charge in [0.1, 0.15) is 0 Å². The predicted molar refractivity (Wildman–Crippen MR) is 70.0 cm³/mol. The lowest BCUT2D eigenvalue weighted by Crippen LogP contribution is -2.19. The van der Waals surface area contributed by atoms with Crippen LogP contribution in [0.4, 0.5) is 11.5 Å². The lowest BCUT2D eigenvalue weighted by molar-refractivity contribution is 0.894.